The highest BCUT2D eigenvalue weighted by atomic mass is 16.5. The fourth-order valence-electron chi connectivity index (χ4n) is 4.06. The highest BCUT2D eigenvalue weighted by Crippen LogP contribution is 2.35. The number of carbonyl (C=O) groups excluding carboxylic acids is 1. The van der Waals surface area contributed by atoms with Crippen molar-refractivity contribution in [2.24, 2.45) is 0 Å². The quantitative estimate of drug-likeness (QED) is 0.251. The number of carbonyl (C=O) groups is 1. The van der Waals surface area contributed by atoms with E-state index in [9.17, 15) is 4.79 Å². The number of cyclic esters (lactones) is 1. The molecule has 33 heavy (non-hydrogen) atoms. The van der Waals surface area contributed by atoms with Crippen LogP contribution in [0.5, 0.6) is 5.75 Å². The summed E-state index contributed by atoms with van der Waals surface area (Å²) in [5.74, 6) is 0.957. The van der Waals surface area contributed by atoms with Crippen LogP contribution in [-0.4, -0.2) is 5.97 Å². The van der Waals surface area contributed by atoms with Crippen LogP contribution in [0.1, 0.15) is 27.8 Å². The van der Waals surface area contributed by atoms with Gasteiger partial charge in [0.25, 0.3) is 0 Å². The third kappa shape index (κ3) is 4.31. The molecule has 5 rings (SSSR count). The molecule has 0 saturated heterocycles. The van der Waals surface area contributed by atoms with Gasteiger partial charge in [-0.1, -0.05) is 78.4 Å². The summed E-state index contributed by atoms with van der Waals surface area (Å²) in [5.41, 5.74) is 5.58. The van der Waals surface area contributed by atoms with Crippen LogP contribution in [0.3, 0.4) is 0 Å². The predicted molar refractivity (Wildman–Crippen MR) is 133 cm³/mol. The zero-order chi connectivity index (χ0) is 22.8. The van der Waals surface area contributed by atoms with Crippen molar-refractivity contribution in [1.82, 2.24) is 0 Å². The van der Waals surface area contributed by atoms with Gasteiger partial charge in [-0.05, 0) is 60.0 Å². The van der Waals surface area contributed by atoms with Gasteiger partial charge in [-0.2, -0.15) is 0 Å². The van der Waals surface area contributed by atoms with Crippen LogP contribution in [0.2, 0.25) is 0 Å². The van der Waals surface area contributed by atoms with Crippen LogP contribution < -0.4 is 4.74 Å². The Morgan fingerprint density at radius 2 is 1.67 bits per heavy atom. The molecule has 4 aromatic carbocycles. The molecule has 0 saturated carbocycles. The Morgan fingerprint density at radius 3 is 2.52 bits per heavy atom. The van der Waals surface area contributed by atoms with Crippen LogP contribution in [0.25, 0.3) is 22.6 Å². The minimum absolute atomic E-state index is 0.354. The minimum atomic E-state index is -0.354. The van der Waals surface area contributed by atoms with Gasteiger partial charge >= 0.3 is 5.97 Å². The Balaban J connectivity index is 1.57. The number of benzene rings is 4. The lowest BCUT2D eigenvalue weighted by Gasteiger charge is -2.12. The average molecular weight is 433 g/mol. The largest absolute Gasteiger partial charge is 0.488 e. The third-order valence-electron chi connectivity index (χ3n) is 5.85. The zero-order valence-electron chi connectivity index (χ0n) is 18.7. The maximum absolute atomic E-state index is 12.8. The molecule has 0 spiro atoms. The molecular weight excluding hydrogens is 408 g/mol. The molecule has 1 aliphatic heterocycles. The Labute approximate surface area is 193 Å². The van der Waals surface area contributed by atoms with Crippen molar-refractivity contribution in [1.29, 1.82) is 0 Å². The second-order valence-corrected chi connectivity index (χ2v) is 8.29. The van der Waals surface area contributed by atoms with Gasteiger partial charge in [0, 0.05) is 11.1 Å². The lowest BCUT2D eigenvalue weighted by Crippen LogP contribution is -2.00. The number of ether oxygens (including phenoxy) is 2. The first-order chi connectivity index (χ1) is 16.1. The van der Waals surface area contributed by atoms with E-state index >= 15 is 0 Å². The van der Waals surface area contributed by atoms with Gasteiger partial charge in [-0.15, -0.1) is 0 Å². The molecular formula is C30H24O3. The Morgan fingerprint density at radius 1 is 0.879 bits per heavy atom. The van der Waals surface area contributed by atoms with Crippen LogP contribution in [0.15, 0.2) is 96.6 Å². The number of rotatable bonds is 5. The van der Waals surface area contributed by atoms with E-state index in [1.165, 1.54) is 0 Å². The first kappa shape index (κ1) is 20.8. The maximum atomic E-state index is 12.8. The van der Waals surface area contributed by atoms with Gasteiger partial charge in [-0.3, -0.25) is 0 Å². The topological polar surface area (TPSA) is 35.5 Å². The molecule has 1 aliphatic rings. The van der Waals surface area contributed by atoms with E-state index in [2.05, 4.69) is 12.1 Å². The molecule has 0 atom stereocenters. The molecule has 4 aromatic rings. The smallest absolute Gasteiger partial charge is 0.343 e. The lowest BCUT2D eigenvalue weighted by atomic mass is 10.00. The summed E-state index contributed by atoms with van der Waals surface area (Å²) >= 11 is 0. The minimum Gasteiger partial charge on any atom is -0.488 e. The predicted octanol–water partition coefficient (Wildman–Crippen LogP) is 7.02. The molecule has 0 unspecified atom stereocenters. The molecule has 0 N–H and O–H groups in total. The van der Waals surface area contributed by atoms with Crippen LogP contribution in [-0.2, 0) is 16.1 Å². The molecule has 0 aromatic heterocycles. The standard InChI is InChI=1S/C30H24O3/c1-20-12-13-21(2)26(16-20)29-18-24(30(31)33-29)17-27-25-11-7-6-10-23(25)14-15-28(27)32-19-22-8-4-3-5-9-22/h3-18H,19H2,1-2H3/b24-17+. The SMILES string of the molecule is Cc1ccc(C)c(C2=C/C(=C\c3c(OCc4ccccc4)ccc4ccccc34)C(=O)O2)c1. The summed E-state index contributed by atoms with van der Waals surface area (Å²) in [6.07, 6.45) is 3.70. The molecule has 0 aliphatic carbocycles. The number of fused-ring (bicyclic) bond motifs is 1. The summed E-state index contributed by atoms with van der Waals surface area (Å²) in [6.45, 7) is 4.50. The van der Waals surface area contributed by atoms with Gasteiger partial charge in [0.2, 0.25) is 0 Å². The normalized spacial score (nSPS) is 14.4. The molecule has 0 radical (unpaired) electrons. The molecule has 3 heteroatoms. The van der Waals surface area contributed by atoms with Crippen molar-refractivity contribution in [3.05, 3.63) is 124 Å². The van der Waals surface area contributed by atoms with Crippen molar-refractivity contribution in [3.63, 3.8) is 0 Å². The molecule has 1 heterocycles. The molecule has 3 nitrogen and oxygen atoms in total. The second-order valence-electron chi connectivity index (χ2n) is 8.29. The summed E-state index contributed by atoms with van der Waals surface area (Å²) in [6, 6.07) is 28.3. The summed E-state index contributed by atoms with van der Waals surface area (Å²) in [4.78, 5) is 12.8. The first-order valence-corrected chi connectivity index (χ1v) is 11.0. The molecule has 0 fully saturated rings. The molecule has 0 amide bonds. The summed E-state index contributed by atoms with van der Waals surface area (Å²) < 4.78 is 11.9. The van der Waals surface area contributed by atoms with E-state index in [1.807, 2.05) is 98.8 Å². The number of aryl methyl sites for hydroxylation is 2. The van der Waals surface area contributed by atoms with Crippen LogP contribution in [0.4, 0.5) is 0 Å². The Hall–Kier alpha value is -4.11. The van der Waals surface area contributed by atoms with Crippen molar-refractivity contribution in [2.75, 3.05) is 0 Å². The van der Waals surface area contributed by atoms with E-state index in [4.69, 9.17) is 9.47 Å². The fourth-order valence-corrected chi connectivity index (χ4v) is 4.06. The van der Waals surface area contributed by atoms with Gasteiger partial charge in [-0.25, -0.2) is 4.79 Å². The maximum Gasteiger partial charge on any atom is 0.343 e. The summed E-state index contributed by atoms with van der Waals surface area (Å²) in [7, 11) is 0. The van der Waals surface area contributed by atoms with Gasteiger partial charge in [0.15, 0.2) is 0 Å². The van der Waals surface area contributed by atoms with Crippen LogP contribution >= 0.6 is 0 Å². The van der Waals surface area contributed by atoms with Crippen molar-refractivity contribution in [2.45, 2.75) is 20.5 Å². The lowest BCUT2D eigenvalue weighted by molar-refractivity contribution is -0.130. The number of hydrogen-bond acceptors (Lipinski definition) is 3. The number of esters is 1. The molecule has 0 bridgehead atoms. The Kier molecular flexibility index (Phi) is 5.54. The average Bonchev–Trinajstić information content (AvgIpc) is 3.20. The summed E-state index contributed by atoms with van der Waals surface area (Å²) in [5, 5.41) is 2.11. The zero-order valence-corrected chi connectivity index (χ0v) is 18.7. The van der Waals surface area contributed by atoms with Crippen molar-refractivity contribution < 1.29 is 14.3 Å². The fraction of sp³-hybridized carbons (Fsp3) is 0.100. The van der Waals surface area contributed by atoms with Crippen LogP contribution in [0, 0.1) is 13.8 Å². The molecule has 162 valence electrons. The monoisotopic (exact) mass is 432 g/mol. The van der Waals surface area contributed by atoms with Gasteiger partial charge < -0.3 is 9.47 Å². The van der Waals surface area contributed by atoms with E-state index < -0.39 is 0 Å². The highest BCUT2D eigenvalue weighted by Gasteiger charge is 2.24. The third-order valence-corrected chi connectivity index (χ3v) is 5.85. The second kappa shape index (κ2) is 8.79. The van der Waals surface area contributed by atoms with E-state index in [0.29, 0.717) is 17.9 Å². The van der Waals surface area contributed by atoms with Gasteiger partial charge in [0.1, 0.15) is 18.1 Å². The number of hydrogen-bond donors (Lipinski definition) is 0. The van der Waals surface area contributed by atoms with E-state index in [0.717, 1.165) is 44.3 Å². The highest BCUT2D eigenvalue weighted by molar-refractivity contribution is 6.07. The van der Waals surface area contributed by atoms with Gasteiger partial charge in [0.05, 0.1) is 5.57 Å². The Bertz CT molecular complexity index is 1410. The van der Waals surface area contributed by atoms with Crippen molar-refractivity contribution in [3.8, 4) is 5.75 Å². The van der Waals surface area contributed by atoms with Crippen molar-refractivity contribution >= 4 is 28.6 Å². The first-order valence-electron chi connectivity index (χ1n) is 11.0. The van der Waals surface area contributed by atoms with E-state index in [1.54, 1.807) is 0 Å². The van der Waals surface area contributed by atoms with E-state index in [-0.39, 0.29) is 5.97 Å².